The summed E-state index contributed by atoms with van der Waals surface area (Å²) in [6.07, 6.45) is 3.21. The number of nitrogens with one attached hydrogen (secondary N) is 1. The van der Waals surface area contributed by atoms with Crippen molar-refractivity contribution in [2.45, 2.75) is 6.61 Å². The summed E-state index contributed by atoms with van der Waals surface area (Å²) >= 11 is 0. The fourth-order valence-electron chi connectivity index (χ4n) is 1.11. The second-order valence-electron chi connectivity index (χ2n) is 2.85. The van der Waals surface area contributed by atoms with Crippen LogP contribution in [0.4, 0.5) is 4.39 Å². The topological polar surface area (TPSA) is 37.9 Å². The van der Waals surface area contributed by atoms with Gasteiger partial charge in [0.25, 0.3) is 0 Å². The van der Waals surface area contributed by atoms with Gasteiger partial charge in [-0.2, -0.15) is 5.10 Å². The van der Waals surface area contributed by atoms with Crippen LogP contribution in [-0.4, -0.2) is 10.2 Å². The highest BCUT2D eigenvalue weighted by Gasteiger charge is 1.97. The molecule has 0 radical (unpaired) electrons. The van der Waals surface area contributed by atoms with Crippen molar-refractivity contribution < 1.29 is 9.13 Å². The maximum Gasteiger partial charge on any atom is 0.157 e. The standard InChI is InChI=1S/C10H9FN2O/c11-9-3-1-2-8(4-9)7-14-10-5-12-13-6-10/h1-6H,7H2,(H,12,13). The van der Waals surface area contributed by atoms with Crippen LogP contribution in [0.1, 0.15) is 5.56 Å². The molecule has 0 amide bonds. The van der Waals surface area contributed by atoms with Crippen LogP contribution in [-0.2, 0) is 6.61 Å². The van der Waals surface area contributed by atoms with E-state index in [1.165, 1.54) is 12.1 Å². The van der Waals surface area contributed by atoms with Gasteiger partial charge in [-0.1, -0.05) is 12.1 Å². The predicted octanol–water partition coefficient (Wildman–Crippen LogP) is 2.13. The Morgan fingerprint density at radius 3 is 3.07 bits per heavy atom. The molecule has 1 aromatic carbocycles. The number of ether oxygens (including phenoxy) is 1. The van der Waals surface area contributed by atoms with Crippen molar-refractivity contribution in [1.29, 1.82) is 0 Å². The van der Waals surface area contributed by atoms with Crippen molar-refractivity contribution in [2.75, 3.05) is 0 Å². The molecule has 2 rings (SSSR count). The Hall–Kier alpha value is -1.84. The minimum atomic E-state index is -0.252. The first-order chi connectivity index (χ1) is 6.84. The molecule has 0 aliphatic carbocycles. The third-order valence-electron chi connectivity index (χ3n) is 1.77. The number of nitrogens with zero attached hydrogens (tertiary/aromatic N) is 1. The van der Waals surface area contributed by atoms with Gasteiger partial charge < -0.3 is 4.74 Å². The van der Waals surface area contributed by atoms with Gasteiger partial charge in [0.15, 0.2) is 5.75 Å². The number of rotatable bonds is 3. The first kappa shape index (κ1) is 8.74. The summed E-state index contributed by atoms with van der Waals surface area (Å²) in [5.41, 5.74) is 0.797. The van der Waals surface area contributed by atoms with E-state index in [2.05, 4.69) is 10.2 Å². The van der Waals surface area contributed by atoms with Crippen molar-refractivity contribution in [3.8, 4) is 5.75 Å². The lowest BCUT2D eigenvalue weighted by Crippen LogP contribution is -1.94. The molecule has 72 valence electrons. The summed E-state index contributed by atoms with van der Waals surface area (Å²) < 4.78 is 18.1. The van der Waals surface area contributed by atoms with E-state index in [4.69, 9.17) is 4.74 Å². The van der Waals surface area contributed by atoms with Gasteiger partial charge in [-0.15, -0.1) is 0 Å². The second-order valence-corrected chi connectivity index (χ2v) is 2.85. The number of aromatic amines is 1. The first-order valence-electron chi connectivity index (χ1n) is 4.20. The van der Waals surface area contributed by atoms with Gasteiger partial charge in [0.05, 0.1) is 12.4 Å². The van der Waals surface area contributed by atoms with Gasteiger partial charge in [0.1, 0.15) is 12.4 Å². The molecule has 1 heterocycles. The number of H-pyrrole nitrogens is 1. The largest absolute Gasteiger partial charge is 0.486 e. The van der Waals surface area contributed by atoms with E-state index in [0.29, 0.717) is 12.4 Å². The van der Waals surface area contributed by atoms with E-state index in [9.17, 15) is 4.39 Å². The monoisotopic (exact) mass is 192 g/mol. The molecule has 4 heteroatoms. The minimum absolute atomic E-state index is 0.252. The first-order valence-corrected chi connectivity index (χ1v) is 4.20. The number of benzene rings is 1. The van der Waals surface area contributed by atoms with E-state index < -0.39 is 0 Å². The molecule has 2 aromatic rings. The van der Waals surface area contributed by atoms with Gasteiger partial charge in [0, 0.05) is 0 Å². The Labute approximate surface area is 80.5 Å². The Morgan fingerprint density at radius 2 is 2.36 bits per heavy atom. The Morgan fingerprint density at radius 1 is 1.43 bits per heavy atom. The quantitative estimate of drug-likeness (QED) is 0.808. The number of halogens is 1. The zero-order valence-electron chi connectivity index (χ0n) is 7.40. The van der Waals surface area contributed by atoms with Crippen molar-refractivity contribution in [3.05, 3.63) is 48.0 Å². The minimum Gasteiger partial charge on any atom is -0.486 e. The zero-order chi connectivity index (χ0) is 9.80. The maximum atomic E-state index is 12.8. The molecular formula is C10H9FN2O. The molecule has 0 spiro atoms. The van der Waals surface area contributed by atoms with Crippen LogP contribution in [0, 0.1) is 5.82 Å². The molecule has 3 nitrogen and oxygen atoms in total. The number of hydrogen-bond donors (Lipinski definition) is 1. The summed E-state index contributed by atoms with van der Waals surface area (Å²) in [6, 6.07) is 6.31. The molecular weight excluding hydrogens is 183 g/mol. The van der Waals surface area contributed by atoms with Gasteiger partial charge >= 0.3 is 0 Å². The van der Waals surface area contributed by atoms with Gasteiger partial charge in [-0.05, 0) is 17.7 Å². The van der Waals surface area contributed by atoms with Crippen molar-refractivity contribution in [2.24, 2.45) is 0 Å². The van der Waals surface area contributed by atoms with Crippen LogP contribution in [0.15, 0.2) is 36.7 Å². The lowest BCUT2D eigenvalue weighted by atomic mass is 10.2. The molecule has 0 unspecified atom stereocenters. The molecule has 0 saturated carbocycles. The van der Waals surface area contributed by atoms with Gasteiger partial charge in [0.2, 0.25) is 0 Å². The highest BCUT2D eigenvalue weighted by molar-refractivity contribution is 5.17. The predicted molar refractivity (Wildman–Crippen MR) is 49.3 cm³/mol. The average Bonchev–Trinajstić information content (AvgIpc) is 2.67. The number of hydrogen-bond acceptors (Lipinski definition) is 2. The third kappa shape index (κ3) is 2.10. The smallest absolute Gasteiger partial charge is 0.157 e. The van der Waals surface area contributed by atoms with E-state index in [0.717, 1.165) is 5.56 Å². The van der Waals surface area contributed by atoms with Crippen LogP contribution in [0.2, 0.25) is 0 Å². The molecule has 0 atom stereocenters. The summed E-state index contributed by atoms with van der Waals surface area (Å²) in [5.74, 6) is 0.396. The van der Waals surface area contributed by atoms with Crippen molar-refractivity contribution in [3.63, 3.8) is 0 Å². The SMILES string of the molecule is Fc1cccc(COc2cn[nH]c2)c1. The van der Waals surface area contributed by atoms with E-state index in [-0.39, 0.29) is 5.82 Å². The van der Waals surface area contributed by atoms with E-state index in [1.807, 2.05) is 6.07 Å². The summed E-state index contributed by atoms with van der Waals surface area (Å²) in [4.78, 5) is 0. The lowest BCUT2D eigenvalue weighted by Gasteiger charge is -2.02. The second kappa shape index (κ2) is 3.91. The molecule has 0 bridgehead atoms. The molecule has 0 aliphatic rings. The van der Waals surface area contributed by atoms with Crippen molar-refractivity contribution >= 4 is 0 Å². The van der Waals surface area contributed by atoms with Crippen LogP contribution < -0.4 is 4.74 Å². The summed E-state index contributed by atoms with van der Waals surface area (Å²) in [7, 11) is 0. The van der Waals surface area contributed by atoms with Crippen molar-refractivity contribution in [1.82, 2.24) is 10.2 Å². The Kier molecular flexibility index (Phi) is 2.44. The number of aromatic nitrogens is 2. The van der Waals surface area contributed by atoms with Crippen LogP contribution in [0.5, 0.6) is 5.75 Å². The molecule has 0 aliphatic heterocycles. The fraction of sp³-hybridized carbons (Fsp3) is 0.100. The van der Waals surface area contributed by atoms with Crippen LogP contribution in [0.25, 0.3) is 0 Å². The molecule has 0 fully saturated rings. The zero-order valence-corrected chi connectivity index (χ0v) is 7.40. The summed E-state index contributed by atoms with van der Waals surface area (Å²) in [5, 5.41) is 6.36. The maximum absolute atomic E-state index is 12.8. The Bertz CT molecular complexity index is 400. The van der Waals surface area contributed by atoms with E-state index >= 15 is 0 Å². The molecule has 0 saturated heterocycles. The summed E-state index contributed by atoms with van der Waals surface area (Å²) in [6.45, 7) is 0.345. The molecule has 14 heavy (non-hydrogen) atoms. The highest BCUT2D eigenvalue weighted by atomic mass is 19.1. The van der Waals surface area contributed by atoms with Gasteiger partial charge in [-0.3, -0.25) is 5.10 Å². The normalized spacial score (nSPS) is 10.1. The van der Waals surface area contributed by atoms with Crippen LogP contribution >= 0.6 is 0 Å². The van der Waals surface area contributed by atoms with Gasteiger partial charge in [-0.25, -0.2) is 4.39 Å². The molecule has 1 N–H and O–H groups in total. The lowest BCUT2D eigenvalue weighted by molar-refractivity contribution is 0.305. The Balaban J connectivity index is 1.98. The highest BCUT2D eigenvalue weighted by Crippen LogP contribution is 2.10. The fourth-order valence-corrected chi connectivity index (χ4v) is 1.11. The average molecular weight is 192 g/mol. The van der Waals surface area contributed by atoms with E-state index in [1.54, 1.807) is 18.5 Å². The molecule has 1 aromatic heterocycles. The third-order valence-corrected chi connectivity index (χ3v) is 1.77. The van der Waals surface area contributed by atoms with Crippen LogP contribution in [0.3, 0.4) is 0 Å².